The van der Waals surface area contributed by atoms with Crippen LogP contribution in [0.15, 0.2) is 23.2 Å². The molecule has 1 aromatic rings. The van der Waals surface area contributed by atoms with Crippen LogP contribution in [0.25, 0.3) is 0 Å². The lowest BCUT2D eigenvalue weighted by molar-refractivity contribution is -0.757. The Kier molecular flexibility index (Phi) is 7.08. The third-order valence-electron chi connectivity index (χ3n) is 3.22. The number of para-hydroxylation sites is 1. The lowest BCUT2D eigenvalue weighted by Crippen LogP contribution is -2.39. The zero-order valence-corrected chi connectivity index (χ0v) is 14.6. The van der Waals surface area contributed by atoms with Crippen LogP contribution in [0, 0.1) is 10.1 Å². The number of guanidine groups is 1. The molecule has 11 heteroatoms. The van der Waals surface area contributed by atoms with Crippen LogP contribution >= 0.6 is 23.2 Å². The van der Waals surface area contributed by atoms with Crippen LogP contribution < -0.4 is 5.32 Å². The minimum Gasteiger partial charge on any atom is -0.449 e. The predicted molar refractivity (Wildman–Crippen MR) is 92.6 cm³/mol. The molecule has 0 spiro atoms. The largest absolute Gasteiger partial charge is 0.449 e. The molecule has 25 heavy (non-hydrogen) atoms. The van der Waals surface area contributed by atoms with Crippen molar-refractivity contribution >= 4 is 40.9 Å². The topological polar surface area (TPSA) is 106 Å². The fraction of sp³-hybridized carbons (Fsp3) is 0.429. The van der Waals surface area contributed by atoms with Crippen molar-refractivity contribution in [2.75, 3.05) is 31.6 Å². The number of anilines is 1. The van der Waals surface area contributed by atoms with Gasteiger partial charge in [0.05, 0.1) is 42.0 Å². The first-order valence-electron chi connectivity index (χ1n) is 7.46. The van der Waals surface area contributed by atoms with Crippen LogP contribution in [0.3, 0.4) is 0 Å². The summed E-state index contributed by atoms with van der Waals surface area (Å²) in [5.41, 5.74) is 0.459. The van der Waals surface area contributed by atoms with Crippen molar-refractivity contribution in [3.8, 4) is 0 Å². The van der Waals surface area contributed by atoms with Gasteiger partial charge in [0, 0.05) is 0 Å². The summed E-state index contributed by atoms with van der Waals surface area (Å²) in [6.45, 7) is 0.883. The van der Waals surface area contributed by atoms with E-state index < -0.39 is 11.2 Å². The molecule has 0 unspecified atom stereocenters. The number of benzene rings is 1. The SMILES string of the molecule is O=C(OCCCCO[N+](=O)[O-])N1CCN=C1Nc1c(Cl)cccc1Cl. The van der Waals surface area contributed by atoms with E-state index >= 15 is 0 Å². The standard InChI is InChI=1S/C14H16Cl2N4O5/c15-10-4-3-5-11(16)12(10)18-13-17-6-7-19(13)14(21)24-8-1-2-9-25-20(22)23/h3-5H,1-2,6-9H2,(H,17,18). The van der Waals surface area contributed by atoms with Gasteiger partial charge in [-0.05, 0) is 25.0 Å². The van der Waals surface area contributed by atoms with E-state index in [4.69, 9.17) is 27.9 Å². The second kappa shape index (κ2) is 9.28. The van der Waals surface area contributed by atoms with Crippen molar-refractivity contribution in [3.63, 3.8) is 0 Å². The summed E-state index contributed by atoms with van der Waals surface area (Å²) >= 11 is 12.2. The third-order valence-corrected chi connectivity index (χ3v) is 3.85. The van der Waals surface area contributed by atoms with Crippen LogP contribution in [0.4, 0.5) is 10.5 Å². The Labute approximate surface area is 153 Å². The number of nitrogens with one attached hydrogen (secondary N) is 1. The number of nitrogens with zero attached hydrogens (tertiary/aromatic N) is 3. The number of ether oxygens (including phenoxy) is 1. The monoisotopic (exact) mass is 390 g/mol. The van der Waals surface area contributed by atoms with Crippen LogP contribution in [0.1, 0.15) is 12.8 Å². The molecule has 2 rings (SSSR count). The van der Waals surface area contributed by atoms with Crippen LogP contribution in [0.2, 0.25) is 10.0 Å². The molecule has 1 amide bonds. The zero-order chi connectivity index (χ0) is 18.2. The molecule has 0 atom stereocenters. The average molecular weight is 391 g/mol. The number of hydrogen-bond donors (Lipinski definition) is 1. The summed E-state index contributed by atoms with van der Waals surface area (Å²) in [5, 5.41) is 12.9. The summed E-state index contributed by atoms with van der Waals surface area (Å²) in [5.74, 6) is 0.302. The van der Waals surface area contributed by atoms with Crippen molar-refractivity contribution in [3.05, 3.63) is 38.4 Å². The van der Waals surface area contributed by atoms with Gasteiger partial charge in [0.15, 0.2) is 0 Å². The van der Waals surface area contributed by atoms with Gasteiger partial charge in [-0.2, -0.15) is 0 Å². The molecule has 136 valence electrons. The Morgan fingerprint density at radius 3 is 2.68 bits per heavy atom. The maximum atomic E-state index is 12.1. The molecule has 1 aliphatic heterocycles. The molecular formula is C14H16Cl2N4O5. The summed E-state index contributed by atoms with van der Waals surface area (Å²) in [6.07, 6.45) is 0.286. The molecular weight excluding hydrogens is 375 g/mol. The molecule has 1 aromatic carbocycles. The van der Waals surface area contributed by atoms with E-state index in [1.165, 1.54) is 4.90 Å². The molecule has 1 heterocycles. The molecule has 0 aliphatic carbocycles. The fourth-order valence-electron chi connectivity index (χ4n) is 2.04. The first-order chi connectivity index (χ1) is 12.0. The number of halogens is 2. The van der Waals surface area contributed by atoms with Gasteiger partial charge in [0.2, 0.25) is 5.96 Å². The van der Waals surface area contributed by atoms with Crippen molar-refractivity contribution in [1.29, 1.82) is 0 Å². The Morgan fingerprint density at radius 1 is 1.32 bits per heavy atom. The molecule has 0 bridgehead atoms. The highest BCUT2D eigenvalue weighted by molar-refractivity contribution is 6.39. The summed E-state index contributed by atoms with van der Waals surface area (Å²) in [4.78, 5) is 31.9. The van der Waals surface area contributed by atoms with Gasteiger partial charge in [-0.1, -0.05) is 29.3 Å². The summed E-state index contributed by atoms with van der Waals surface area (Å²) in [6, 6.07) is 5.04. The van der Waals surface area contributed by atoms with Crippen LogP contribution in [-0.2, 0) is 9.57 Å². The van der Waals surface area contributed by atoms with Gasteiger partial charge in [-0.15, -0.1) is 10.1 Å². The lowest BCUT2D eigenvalue weighted by atomic mass is 10.3. The zero-order valence-electron chi connectivity index (χ0n) is 13.1. The normalized spacial score (nSPS) is 13.4. The quantitative estimate of drug-likeness (QED) is 0.435. The highest BCUT2D eigenvalue weighted by Gasteiger charge is 2.26. The van der Waals surface area contributed by atoms with E-state index in [0.29, 0.717) is 47.6 Å². The van der Waals surface area contributed by atoms with Gasteiger partial charge in [-0.25, -0.2) is 9.69 Å². The Balaban J connectivity index is 1.82. The van der Waals surface area contributed by atoms with Gasteiger partial charge < -0.3 is 14.9 Å². The van der Waals surface area contributed by atoms with Gasteiger partial charge >= 0.3 is 6.09 Å². The van der Waals surface area contributed by atoms with E-state index in [2.05, 4.69) is 15.1 Å². The number of amides is 1. The smallest absolute Gasteiger partial charge is 0.416 e. The highest BCUT2D eigenvalue weighted by Crippen LogP contribution is 2.30. The van der Waals surface area contributed by atoms with E-state index in [1.807, 2.05) is 0 Å². The first-order valence-corrected chi connectivity index (χ1v) is 8.21. The van der Waals surface area contributed by atoms with Crippen molar-refractivity contribution in [2.24, 2.45) is 4.99 Å². The number of hydrogen-bond acceptors (Lipinski definition) is 7. The van der Waals surface area contributed by atoms with E-state index in [1.54, 1.807) is 18.2 Å². The third kappa shape index (κ3) is 5.64. The van der Waals surface area contributed by atoms with E-state index in [-0.39, 0.29) is 13.2 Å². The van der Waals surface area contributed by atoms with E-state index in [9.17, 15) is 14.9 Å². The minimum atomic E-state index is -0.857. The second-order valence-electron chi connectivity index (χ2n) is 4.96. The average Bonchev–Trinajstić information content (AvgIpc) is 3.02. The maximum absolute atomic E-state index is 12.1. The van der Waals surface area contributed by atoms with Crippen molar-refractivity contribution in [1.82, 2.24) is 4.90 Å². The van der Waals surface area contributed by atoms with Crippen molar-refractivity contribution in [2.45, 2.75) is 12.8 Å². The van der Waals surface area contributed by atoms with Gasteiger partial charge in [-0.3, -0.25) is 4.99 Å². The molecule has 0 radical (unpaired) electrons. The summed E-state index contributed by atoms with van der Waals surface area (Å²) < 4.78 is 5.14. The number of aliphatic imine (C=N–C) groups is 1. The number of unbranched alkanes of at least 4 members (excludes halogenated alkanes) is 1. The Bertz CT molecular complexity index is 650. The number of rotatable bonds is 7. The molecule has 1 aliphatic rings. The highest BCUT2D eigenvalue weighted by atomic mass is 35.5. The van der Waals surface area contributed by atoms with Crippen molar-refractivity contribution < 1.29 is 19.5 Å². The maximum Gasteiger partial charge on any atom is 0.416 e. The molecule has 0 aromatic heterocycles. The van der Waals surface area contributed by atoms with Gasteiger partial charge in [0.1, 0.15) is 0 Å². The minimum absolute atomic E-state index is 0.0342. The summed E-state index contributed by atoms with van der Waals surface area (Å²) in [7, 11) is 0. The first kappa shape index (κ1) is 19.1. The Morgan fingerprint density at radius 2 is 2.00 bits per heavy atom. The fourth-order valence-corrected chi connectivity index (χ4v) is 2.53. The predicted octanol–water partition coefficient (Wildman–Crippen LogP) is 3.20. The lowest BCUT2D eigenvalue weighted by Gasteiger charge is -2.19. The van der Waals surface area contributed by atoms with Crippen LogP contribution in [-0.4, -0.2) is 48.3 Å². The number of carbonyl (C=O) groups is 1. The van der Waals surface area contributed by atoms with E-state index in [0.717, 1.165) is 0 Å². The van der Waals surface area contributed by atoms with Crippen LogP contribution in [0.5, 0.6) is 0 Å². The molecule has 0 saturated heterocycles. The molecule has 0 fully saturated rings. The second-order valence-corrected chi connectivity index (χ2v) is 5.77. The molecule has 0 saturated carbocycles. The Hall–Kier alpha value is -2.26. The molecule has 1 N–H and O–H groups in total. The molecule has 9 nitrogen and oxygen atoms in total. The number of carbonyl (C=O) groups excluding carboxylic acids is 1. The van der Waals surface area contributed by atoms with Gasteiger partial charge in [0.25, 0.3) is 5.09 Å².